The second-order valence-corrected chi connectivity index (χ2v) is 5.36. The zero-order valence-corrected chi connectivity index (χ0v) is 11.0. The highest BCUT2D eigenvalue weighted by Gasteiger charge is 2.43. The minimum atomic E-state index is -0.272. The molecule has 0 spiro atoms. The molecule has 3 heterocycles. The van der Waals surface area contributed by atoms with E-state index in [4.69, 9.17) is 4.42 Å². The number of nitrogens with zero attached hydrogens (tertiary/aromatic N) is 3. The highest BCUT2D eigenvalue weighted by Crippen LogP contribution is 2.41. The molecule has 6 heteroatoms. The molecule has 4 rings (SSSR count). The van der Waals surface area contributed by atoms with Crippen molar-refractivity contribution in [2.24, 2.45) is 11.8 Å². The van der Waals surface area contributed by atoms with Crippen molar-refractivity contribution < 1.29 is 9.21 Å². The van der Waals surface area contributed by atoms with Gasteiger partial charge in [-0.2, -0.15) is 10.1 Å². The molecule has 0 amide bonds. The van der Waals surface area contributed by atoms with Crippen LogP contribution < -0.4 is 5.32 Å². The van der Waals surface area contributed by atoms with Gasteiger partial charge in [0, 0.05) is 12.1 Å². The van der Waals surface area contributed by atoms with E-state index < -0.39 is 0 Å². The van der Waals surface area contributed by atoms with Crippen molar-refractivity contribution in [3.63, 3.8) is 0 Å². The Kier molecular flexibility index (Phi) is 2.33. The maximum absolute atomic E-state index is 12.5. The number of ketones is 1. The van der Waals surface area contributed by atoms with E-state index in [-0.39, 0.29) is 23.7 Å². The summed E-state index contributed by atoms with van der Waals surface area (Å²) in [6.45, 7) is 2.05. The van der Waals surface area contributed by atoms with E-state index in [1.54, 1.807) is 10.9 Å². The Labute approximate surface area is 115 Å². The number of hydrogen-bond acceptors (Lipinski definition) is 5. The summed E-state index contributed by atoms with van der Waals surface area (Å²) >= 11 is 0. The molecule has 3 atom stereocenters. The van der Waals surface area contributed by atoms with Crippen LogP contribution in [-0.2, 0) is 4.79 Å². The lowest BCUT2D eigenvalue weighted by Gasteiger charge is -2.36. The summed E-state index contributed by atoms with van der Waals surface area (Å²) in [5.74, 6) is 1.57. The van der Waals surface area contributed by atoms with Gasteiger partial charge in [0.2, 0.25) is 5.95 Å². The van der Waals surface area contributed by atoms with E-state index in [0.717, 1.165) is 11.5 Å². The number of aromatic nitrogens is 3. The number of Topliss-reactive ketones (excluding diaryl/α,β-unsaturated/α-hetero) is 1. The van der Waals surface area contributed by atoms with E-state index in [9.17, 15) is 4.79 Å². The molecule has 0 saturated carbocycles. The molecular formula is C14H14N4O2. The first-order valence-corrected chi connectivity index (χ1v) is 6.68. The molecule has 1 aliphatic carbocycles. The smallest absolute Gasteiger partial charge is 0.226 e. The van der Waals surface area contributed by atoms with Gasteiger partial charge in [-0.25, -0.2) is 4.68 Å². The van der Waals surface area contributed by atoms with Crippen LogP contribution in [0.3, 0.4) is 0 Å². The number of carbonyl (C=O) groups is 1. The summed E-state index contributed by atoms with van der Waals surface area (Å²) < 4.78 is 7.26. The number of allylic oxidation sites excluding steroid dienone is 2. The Morgan fingerprint density at radius 3 is 3.20 bits per heavy atom. The Bertz CT molecular complexity index is 686. The Hall–Kier alpha value is -2.37. The van der Waals surface area contributed by atoms with E-state index >= 15 is 0 Å². The quantitative estimate of drug-likeness (QED) is 0.858. The van der Waals surface area contributed by atoms with Crippen LogP contribution in [0.5, 0.6) is 0 Å². The van der Waals surface area contributed by atoms with Gasteiger partial charge in [0.25, 0.3) is 0 Å². The van der Waals surface area contributed by atoms with Crippen LogP contribution in [0.15, 0.2) is 40.9 Å². The fourth-order valence-corrected chi connectivity index (χ4v) is 3.11. The number of anilines is 1. The zero-order valence-electron chi connectivity index (χ0n) is 11.0. The van der Waals surface area contributed by atoms with Crippen molar-refractivity contribution in [3.05, 3.63) is 42.3 Å². The molecule has 20 heavy (non-hydrogen) atoms. The third kappa shape index (κ3) is 1.54. The number of rotatable bonds is 1. The molecule has 2 aliphatic rings. The van der Waals surface area contributed by atoms with Gasteiger partial charge in [0.15, 0.2) is 0 Å². The van der Waals surface area contributed by atoms with Gasteiger partial charge in [-0.15, -0.1) is 0 Å². The summed E-state index contributed by atoms with van der Waals surface area (Å²) in [5, 5.41) is 7.46. The van der Waals surface area contributed by atoms with E-state index in [1.165, 1.54) is 6.33 Å². The second-order valence-electron chi connectivity index (χ2n) is 5.36. The molecule has 2 aromatic heterocycles. The van der Waals surface area contributed by atoms with Crippen LogP contribution in [-0.4, -0.2) is 20.5 Å². The molecule has 0 radical (unpaired) electrons. The molecule has 0 fully saturated rings. The summed E-state index contributed by atoms with van der Waals surface area (Å²) in [6, 6.07) is 3.45. The molecule has 1 aliphatic heterocycles. The van der Waals surface area contributed by atoms with Gasteiger partial charge in [0.1, 0.15) is 23.9 Å². The van der Waals surface area contributed by atoms with Crippen LogP contribution >= 0.6 is 0 Å². The fourth-order valence-electron chi connectivity index (χ4n) is 3.11. The van der Waals surface area contributed by atoms with Gasteiger partial charge < -0.3 is 9.73 Å². The van der Waals surface area contributed by atoms with Crippen molar-refractivity contribution in [2.45, 2.75) is 19.4 Å². The van der Waals surface area contributed by atoms with Crippen molar-refractivity contribution in [1.82, 2.24) is 14.8 Å². The molecular weight excluding hydrogens is 256 g/mol. The SMILES string of the molecule is C[C@H]1C=C2Nc3ncnn3[C@@H](c3ccco3)[C@@H]2C(=O)C1. The van der Waals surface area contributed by atoms with Crippen LogP contribution in [0, 0.1) is 11.8 Å². The molecule has 0 bridgehead atoms. The number of nitrogens with one attached hydrogen (secondary N) is 1. The average Bonchev–Trinajstić information content (AvgIpc) is 3.06. The topological polar surface area (TPSA) is 73.0 Å². The van der Waals surface area contributed by atoms with Crippen LogP contribution in [0.2, 0.25) is 0 Å². The maximum Gasteiger partial charge on any atom is 0.226 e. The summed E-state index contributed by atoms with van der Waals surface area (Å²) in [7, 11) is 0. The lowest BCUT2D eigenvalue weighted by molar-refractivity contribution is -0.124. The van der Waals surface area contributed by atoms with Crippen molar-refractivity contribution in [1.29, 1.82) is 0 Å². The first-order valence-electron chi connectivity index (χ1n) is 6.68. The standard InChI is InChI=1S/C14H14N4O2/c1-8-5-9-12(10(19)6-8)13(11-3-2-4-20-11)18-14(17-9)15-7-16-18/h2-5,7-8,12-13H,6H2,1H3,(H,15,16,17)/t8-,12-,13-/m0/s1. The summed E-state index contributed by atoms with van der Waals surface area (Å²) in [4.78, 5) is 16.7. The molecule has 0 aromatic carbocycles. The minimum absolute atomic E-state index is 0.213. The number of hydrogen-bond donors (Lipinski definition) is 1. The molecule has 0 saturated heterocycles. The largest absolute Gasteiger partial charge is 0.467 e. The Morgan fingerprint density at radius 1 is 1.50 bits per heavy atom. The van der Waals surface area contributed by atoms with Gasteiger partial charge in [0.05, 0.1) is 12.2 Å². The normalized spacial score (nSPS) is 28.4. The first kappa shape index (κ1) is 11.5. The average molecular weight is 270 g/mol. The molecule has 102 valence electrons. The van der Waals surface area contributed by atoms with Crippen molar-refractivity contribution >= 4 is 11.7 Å². The van der Waals surface area contributed by atoms with E-state index in [0.29, 0.717) is 12.4 Å². The monoisotopic (exact) mass is 270 g/mol. The van der Waals surface area contributed by atoms with Crippen molar-refractivity contribution in [3.8, 4) is 0 Å². The number of carbonyl (C=O) groups excluding carboxylic acids is 1. The zero-order chi connectivity index (χ0) is 13.7. The Morgan fingerprint density at radius 2 is 2.40 bits per heavy atom. The molecule has 0 unspecified atom stereocenters. The number of furan rings is 1. The van der Waals surface area contributed by atoms with Gasteiger partial charge in [-0.1, -0.05) is 13.0 Å². The van der Waals surface area contributed by atoms with E-state index in [1.807, 2.05) is 19.1 Å². The number of fused-ring (bicyclic) bond motifs is 2. The predicted octanol–water partition coefficient (Wildman–Crippen LogP) is 1.99. The van der Waals surface area contributed by atoms with Gasteiger partial charge >= 0.3 is 0 Å². The maximum atomic E-state index is 12.5. The third-order valence-electron chi connectivity index (χ3n) is 3.91. The van der Waals surface area contributed by atoms with Crippen LogP contribution in [0.25, 0.3) is 0 Å². The summed E-state index contributed by atoms with van der Waals surface area (Å²) in [5.41, 5.74) is 0.913. The van der Waals surface area contributed by atoms with Crippen LogP contribution in [0.4, 0.5) is 5.95 Å². The highest BCUT2D eigenvalue weighted by molar-refractivity contribution is 5.87. The van der Waals surface area contributed by atoms with Gasteiger partial charge in [-0.05, 0) is 18.1 Å². The lowest BCUT2D eigenvalue weighted by atomic mass is 9.79. The molecule has 1 N–H and O–H groups in total. The molecule has 6 nitrogen and oxygen atoms in total. The molecule has 2 aromatic rings. The van der Waals surface area contributed by atoms with Gasteiger partial charge in [-0.3, -0.25) is 4.79 Å². The van der Waals surface area contributed by atoms with E-state index in [2.05, 4.69) is 21.5 Å². The van der Waals surface area contributed by atoms with Crippen LogP contribution in [0.1, 0.15) is 25.1 Å². The minimum Gasteiger partial charge on any atom is -0.467 e. The Balaban J connectivity index is 1.90. The fraction of sp³-hybridized carbons (Fsp3) is 0.357. The highest BCUT2D eigenvalue weighted by atomic mass is 16.3. The third-order valence-corrected chi connectivity index (χ3v) is 3.91. The predicted molar refractivity (Wildman–Crippen MR) is 70.9 cm³/mol. The first-order chi connectivity index (χ1) is 9.74. The lowest BCUT2D eigenvalue weighted by Crippen LogP contribution is -2.39. The summed E-state index contributed by atoms with van der Waals surface area (Å²) in [6.07, 6.45) is 5.77. The second kappa shape index (κ2) is 4.06. The van der Waals surface area contributed by atoms with Crippen molar-refractivity contribution in [2.75, 3.05) is 5.32 Å².